The average molecular weight is 256 g/mol. The summed E-state index contributed by atoms with van der Waals surface area (Å²) < 4.78 is 18.5. The van der Waals surface area contributed by atoms with Crippen LogP contribution in [0.1, 0.15) is 23.2 Å². The van der Waals surface area contributed by atoms with E-state index in [4.69, 9.17) is 9.84 Å². The smallest absolute Gasteiger partial charge is 0.338 e. The van der Waals surface area contributed by atoms with Gasteiger partial charge in [-0.15, -0.1) is 0 Å². The van der Waals surface area contributed by atoms with E-state index in [0.717, 1.165) is 6.61 Å². The van der Waals surface area contributed by atoms with E-state index in [2.05, 4.69) is 0 Å². The first kappa shape index (κ1) is 12.4. The zero-order valence-corrected chi connectivity index (χ0v) is 10.0. The van der Waals surface area contributed by atoms with Crippen molar-refractivity contribution in [2.45, 2.75) is 17.7 Å². The molecule has 0 amide bonds. The van der Waals surface area contributed by atoms with Gasteiger partial charge in [-0.25, -0.2) is 9.18 Å². The summed E-state index contributed by atoms with van der Waals surface area (Å²) in [4.78, 5) is 11.4. The number of carbonyl (C=O) groups is 1. The molecule has 1 aliphatic rings. The highest BCUT2D eigenvalue weighted by atomic mass is 32.2. The molecule has 0 bridgehead atoms. The van der Waals surface area contributed by atoms with Crippen LogP contribution in [-0.2, 0) is 4.74 Å². The summed E-state index contributed by atoms with van der Waals surface area (Å²) in [7, 11) is 0. The Bertz CT molecular complexity index is 418. The molecule has 1 fully saturated rings. The van der Waals surface area contributed by atoms with Gasteiger partial charge in [-0.2, -0.15) is 0 Å². The fraction of sp³-hybridized carbons (Fsp3) is 0.417. The molecule has 0 heterocycles. The molecule has 2 rings (SSSR count). The topological polar surface area (TPSA) is 46.5 Å². The molecule has 0 radical (unpaired) electrons. The van der Waals surface area contributed by atoms with Crippen molar-refractivity contribution in [3.8, 4) is 0 Å². The Labute approximate surface area is 103 Å². The molecule has 92 valence electrons. The van der Waals surface area contributed by atoms with Gasteiger partial charge in [0.15, 0.2) is 0 Å². The molecule has 0 spiro atoms. The predicted octanol–water partition coefficient (Wildman–Crippen LogP) is 3.00. The predicted molar refractivity (Wildman–Crippen MR) is 62.8 cm³/mol. The van der Waals surface area contributed by atoms with Crippen molar-refractivity contribution in [3.63, 3.8) is 0 Å². The Hall–Kier alpha value is -1.07. The summed E-state index contributed by atoms with van der Waals surface area (Å²) in [5, 5.41) is 8.76. The van der Waals surface area contributed by atoms with Gasteiger partial charge in [0.05, 0.1) is 18.1 Å². The van der Waals surface area contributed by atoms with Crippen molar-refractivity contribution in [1.29, 1.82) is 0 Å². The molecular formula is C12H13FO3S. The summed E-state index contributed by atoms with van der Waals surface area (Å²) >= 11 is 1.38. The fourth-order valence-corrected chi connectivity index (χ4v) is 2.05. The maximum atomic E-state index is 13.1. The highest BCUT2D eigenvalue weighted by Gasteiger charge is 2.21. The third-order valence-corrected chi connectivity index (χ3v) is 3.40. The van der Waals surface area contributed by atoms with Crippen LogP contribution in [0.25, 0.3) is 0 Å². The lowest BCUT2D eigenvalue weighted by Gasteiger charge is -2.04. The Morgan fingerprint density at radius 3 is 2.94 bits per heavy atom. The van der Waals surface area contributed by atoms with Crippen molar-refractivity contribution < 1.29 is 19.0 Å². The lowest BCUT2D eigenvalue weighted by molar-refractivity contribution is 0.0691. The number of halogens is 1. The summed E-state index contributed by atoms with van der Waals surface area (Å²) in [6.07, 6.45) is 2.48. The summed E-state index contributed by atoms with van der Waals surface area (Å²) in [6.45, 7) is 0.764. The van der Waals surface area contributed by atoms with Crippen LogP contribution < -0.4 is 0 Å². The maximum Gasteiger partial charge on any atom is 0.338 e. The van der Waals surface area contributed by atoms with Crippen molar-refractivity contribution in [1.82, 2.24) is 0 Å². The molecule has 17 heavy (non-hydrogen) atoms. The normalized spacial score (nSPS) is 14.9. The van der Waals surface area contributed by atoms with E-state index in [9.17, 15) is 9.18 Å². The monoisotopic (exact) mass is 256 g/mol. The maximum absolute atomic E-state index is 13.1. The molecular weight excluding hydrogens is 243 g/mol. The van der Waals surface area contributed by atoms with E-state index in [0.29, 0.717) is 16.8 Å². The number of carboxylic acid groups (broad SMARTS) is 1. The first-order valence-electron chi connectivity index (χ1n) is 5.40. The van der Waals surface area contributed by atoms with Gasteiger partial charge in [-0.3, -0.25) is 0 Å². The minimum atomic E-state index is -1.25. The minimum Gasteiger partial charge on any atom is -0.478 e. The lowest BCUT2D eigenvalue weighted by Crippen LogP contribution is -2.01. The highest BCUT2D eigenvalue weighted by Crippen LogP contribution is 2.29. The average Bonchev–Trinajstić information content (AvgIpc) is 3.10. The Morgan fingerprint density at radius 2 is 2.29 bits per heavy atom. The van der Waals surface area contributed by atoms with Gasteiger partial charge in [0.2, 0.25) is 0 Å². The molecule has 0 aliphatic heterocycles. The van der Waals surface area contributed by atoms with Crippen LogP contribution in [0.15, 0.2) is 23.1 Å². The molecule has 1 saturated carbocycles. The Morgan fingerprint density at radius 1 is 1.53 bits per heavy atom. The van der Waals surface area contributed by atoms with Crippen molar-refractivity contribution in [3.05, 3.63) is 29.6 Å². The molecule has 1 N–H and O–H groups in total. The summed E-state index contributed by atoms with van der Waals surface area (Å²) in [5.41, 5.74) is -0.294. The SMILES string of the molecule is O=C(O)c1cc(SCOCC2CC2)ccc1F. The zero-order valence-electron chi connectivity index (χ0n) is 9.19. The number of benzene rings is 1. The van der Waals surface area contributed by atoms with E-state index in [-0.39, 0.29) is 5.56 Å². The third kappa shape index (κ3) is 3.71. The molecule has 1 aromatic rings. The van der Waals surface area contributed by atoms with Gasteiger partial charge in [-0.05, 0) is 37.0 Å². The standard InChI is InChI=1S/C12H13FO3S/c13-11-4-3-9(5-10(11)12(14)15)17-7-16-6-8-1-2-8/h3-5,8H,1-2,6-7H2,(H,14,15). The molecule has 0 atom stereocenters. The van der Waals surface area contributed by atoms with Crippen LogP contribution in [0, 0.1) is 11.7 Å². The summed E-state index contributed by atoms with van der Waals surface area (Å²) in [6, 6.07) is 4.07. The number of thioether (sulfide) groups is 1. The lowest BCUT2D eigenvalue weighted by atomic mass is 10.2. The Balaban J connectivity index is 1.86. The number of carboxylic acids is 1. The third-order valence-electron chi connectivity index (χ3n) is 2.53. The van der Waals surface area contributed by atoms with Crippen LogP contribution in [-0.4, -0.2) is 23.6 Å². The Kier molecular flexibility index (Phi) is 4.02. The highest BCUT2D eigenvalue weighted by molar-refractivity contribution is 7.99. The van der Waals surface area contributed by atoms with E-state index < -0.39 is 11.8 Å². The molecule has 1 aromatic carbocycles. The van der Waals surface area contributed by atoms with Gasteiger partial charge in [-0.1, -0.05) is 11.8 Å². The number of rotatable bonds is 6. The number of ether oxygens (including phenoxy) is 1. The number of hydrogen-bond acceptors (Lipinski definition) is 3. The van der Waals surface area contributed by atoms with Crippen LogP contribution in [0.2, 0.25) is 0 Å². The number of aromatic carboxylic acids is 1. The van der Waals surface area contributed by atoms with E-state index in [1.807, 2.05) is 0 Å². The minimum absolute atomic E-state index is 0.294. The largest absolute Gasteiger partial charge is 0.478 e. The molecule has 5 heteroatoms. The van der Waals surface area contributed by atoms with Gasteiger partial charge >= 0.3 is 5.97 Å². The van der Waals surface area contributed by atoms with Crippen molar-refractivity contribution in [2.24, 2.45) is 5.92 Å². The second-order valence-electron chi connectivity index (χ2n) is 4.02. The quantitative estimate of drug-likeness (QED) is 0.483. The zero-order chi connectivity index (χ0) is 12.3. The summed E-state index contributed by atoms with van der Waals surface area (Å²) in [5.74, 6) is -0.774. The second kappa shape index (κ2) is 5.51. The molecule has 0 aromatic heterocycles. The van der Waals surface area contributed by atoms with E-state index >= 15 is 0 Å². The van der Waals surface area contributed by atoms with Crippen LogP contribution >= 0.6 is 11.8 Å². The van der Waals surface area contributed by atoms with E-state index in [1.54, 1.807) is 6.07 Å². The van der Waals surface area contributed by atoms with Crippen LogP contribution in [0.3, 0.4) is 0 Å². The van der Waals surface area contributed by atoms with Gasteiger partial charge in [0, 0.05) is 4.90 Å². The first-order chi connectivity index (χ1) is 8.16. The first-order valence-corrected chi connectivity index (χ1v) is 6.39. The van der Waals surface area contributed by atoms with Crippen molar-refractivity contribution in [2.75, 3.05) is 12.5 Å². The molecule has 0 unspecified atom stereocenters. The van der Waals surface area contributed by atoms with E-state index in [1.165, 1.54) is 36.7 Å². The fourth-order valence-electron chi connectivity index (χ4n) is 1.37. The van der Waals surface area contributed by atoms with Gasteiger partial charge in [0.25, 0.3) is 0 Å². The van der Waals surface area contributed by atoms with Gasteiger partial charge < -0.3 is 9.84 Å². The van der Waals surface area contributed by atoms with Gasteiger partial charge in [0.1, 0.15) is 5.82 Å². The van der Waals surface area contributed by atoms with Crippen LogP contribution in [0.4, 0.5) is 4.39 Å². The molecule has 0 saturated heterocycles. The second-order valence-corrected chi connectivity index (χ2v) is 5.02. The molecule has 1 aliphatic carbocycles. The number of hydrogen-bond donors (Lipinski definition) is 1. The van der Waals surface area contributed by atoms with Crippen LogP contribution in [0.5, 0.6) is 0 Å². The van der Waals surface area contributed by atoms with Crippen molar-refractivity contribution >= 4 is 17.7 Å². The molecule has 3 nitrogen and oxygen atoms in total.